The molecule has 2 aliphatic heterocycles. The Labute approximate surface area is 112 Å². The first-order chi connectivity index (χ1) is 9.08. The van der Waals surface area contributed by atoms with Gasteiger partial charge in [-0.05, 0) is 6.07 Å². The minimum Gasteiger partial charge on any atom is -0.365 e. The second kappa shape index (κ2) is 4.63. The molecule has 1 aromatic heterocycles. The first-order valence-electron chi connectivity index (χ1n) is 5.69. The number of pyridine rings is 1. The lowest BCUT2D eigenvalue weighted by molar-refractivity contribution is -0.130. The number of hydrogen-bond acceptors (Lipinski definition) is 5. The monoisotopic (exact) mass is 285 g/mol. The molecule has 3 rings (SSSR count). The lowest BCUT2D eigenvalue weighted by atomic mass is 9.91. The molecule has 0 bridgehead atoms. The molecule has 2 fully saturated rings. The molecule has 5 nitrogen and oxygen atoms in total. The van der Waals surface area contributed by atoms with Crippen molar-refractivity contribution < 1.29 is 23.5 Å². The van der Waals surface area contributed by atoms with Gasteiger partial charge in [0, 0.05) is 6.20 Å². The van der Waals surface area contributed by atoms with Crippen molar-refractivity contribution in [3.05, 3.63) is 28.8 Å². The molecule has 100 valence electrons. The molecule has 2 saturated heterocycles. The van der Waals surface area contributed by atoms with E-state index in [0.717, 1.165) is 6.07 Å². The van der Waals surface area contributed by atoms with E-state index < -0.39 is 35.5 Å². The highest BCUT2D eigenvalue weighted by Crippen LogP contribution is 2.30. The van der Waals surface area contributed by atoms with Crippen LogP contribution in [0.5, 0.6) is 0 Å². The van der Waals surface area contributed by atoms with E-state index in [2.05, 4.69) is 4.98 Å². The Hall–Kier alpha value is -1.37. The third kappa shape index (κ3) is 2.51. The van der Waals surface area contributed by atoms with Crippen LogP contribution in [-0.4, -0.2) is 42.0 Å². The molecular formula is C12H9ClFNO4. The van der Waals surface area contributed by atoms with Gasteiger partial charge in [0.1, 0.15) is 23.9 Å². The Balaban J connectivity index is 1.97. The van der Waals surface area contributed by atoms with Crippen molar-refractivity contribution in [3.63, 3.8) is 0 Å². The van der Waals surface area contributed by atoms with E-state index in [1.54, 1.807) is 0 Å². The van der Waals surface area contributed by atoms with Gasteiger partial charge in [-0.2, -0.15) is 0 Å². The lowest BCUT2D eigenvalue weighted by Gasteiger charge is -2.12. The smallest absolute Gasteiger partial charge is 0.180 e. The molecule has 0 spiro atoms. The Morgan fingerprint density at radius 1 is 1.32 bits per heavy atom. The number of epoxide rings is 2. The summed E-state index contributed by atoms with van der Waals surface area (Å²) in [6.07, 6.45) is -0.0937. The van der Waals surface area contributed by atoms with Crippen LogP contribution in [0, 0.1) is 5.82 Å². The second-order valence-corrected chi connectivity index (χ2v) is 4.84. The zero-order chi connectivity index (χ0) is 13.6. The number of rotatable bonds is 5. The number of nitrogens with zero attached hydrogens (tertiary/aromatic N) is 1. The number of ether oxygens (including phenoxy) is 2. The summed E-state index contributed by atoms with van der Waals surface area (Å²) in [6, 6.07) is 1.03. The SMILES string of the molecule is O=C(C1CO1)C(C(=O)C1CO1)c1ncc(Cl)cc1F. The van der Waals surface area contributed by atoms with Crippen LogP contribution in [0.25, 0.3) is 0 Å². The van der Waals surface area contributed by atoms with Gasteiger partial charge < -0.3 is 9.47 Å². The van der Waals surface area contributed by atoms with Gasteiger partial charge in [-0.25, -0.2) is 4.39 Å². The summed E-state index contributed by atoms with van der Waals surface area (Å²) in [7, 11) is 0. The van der Waals surface area contributed by atoms with Gasteiger partial charge in [-0.15, -0.1) is 0 Å². The molecule has 7 heteroatoms. The van der Waals surface area contributed by atoms with Crippen molar-refractivity contribution in [2.24, 2.45) is 0 Å². The van der Waals surface area contributed by atoms with Gasteiger partial charge in [0.2, 0.25) is 0 Å². The van der Waals surface area contributed by atoms with E-state index in [4.69, 9.17) is 21.1 Å². The van der Waals surface area contributed by atoms with Crippen LogP contribution in [0.3, 0.4) is 0 Å². The fraction of sp³-hybridized carbons (Fsp3) is 0.417. The molecule has 19 heavy (non-hydrogen) atoms. The van der Waals surface area contributed by atoms with Crippen molar-refractivity contribution in [2.75, 3.05) is 13.2 Å². The average Bonchev–Trinajstić information content (AvgIpc) is 3.24. The summed E-state index contributed by atoms with van der Waals surface area (Å²) >= 11 is 5.61. The fourth-order valence-electron chi connectivity index (χ4n) is 1.84. The van der Waals surface area contributed by atoms with Gasteiger partial charge in [-0.3, -0.25) is 14.6 Å². The van der Waals surface area contributed by atoms with Crippen LogP contribution in [0.2, 0.25) is 5.02 Å². The zero-order valence-corrected chi connectivity index (χ0v) is 10.4. The van der Waals surface area contributed by atoms with Crippen LogP contribution in [0.1, 0.15) is 11.6 Å². The predicted molar refractivity (Wildman–Crippen MR) is 61.4 cm³/mol. The van der Waals surface area contributed by atoms with Gasteiger partial charge in [-0.1, -0.05) is 11.6 Å². The Bertz CT molecular complexity index is 533. The number of halogens is 2. The fourth-order valence-corrected chi connectivity index (χ4v) is 1.99. The Kier molecular flexibility index (Phi) is 3.08. The lowest BCUT2D eigenvalue weighted by Crippen LogP contribution is -2.30. The first kappa shape index (κ1) is 12.7. The van der Waals surface area contributed by atoms with Crippen molar-refractivity contribution in [3.8, 4) is 0 Å². The van der Waals surface area contributed by atoms with Gasteiger partial charge in [0.15, 0.2) is 11.6 Å². The van der Waals surface area contributed by atoms with Crippen molar-refractivity contribution >= 4 is 23.2 Å². The van der Waals surface area contributed by atoms with Crippen LogP contribution < -0.4 is 0 Å². The highest BCUT2D eigenvalue weighted by Gasteiger charge is 2.47. The van der Waals surface area contributed by atoms with Crippen molar-refractivity contribution in [1.82, 2.24) is 4.98 Å². The third-order valence-corrected chi connectivity index (χ3v) is 3.19. The number of Topliss-reactive ketones (excluding diaryl/α,β-unsaturated/α-hetero) is 2. The molecule has 0 radical (unpaired) electrons. The van der Waals surface area contributed by atoms with Gasteiger partial charge >= 0.3 is 0 Å². The summed E-state index contributed by atoms with van der Waals surface area (Å²) in [5.74, 6) is -3.01. The highest BCUT2D eigenvalue weighted by molar-refractivity contribution is 6.30. The van der Waals surface area contributed by atoms with Crippen LogP contribution in [0.15, 0.2) is 12.3 Å². The van der Waals surface area contributed by atoms with Crippen LogP contribution in [0.4, 0.5) is 4.39 Å². The quantitative estimate of drug-likeness (QED) is 0.593. The van der Waals surface area contributed by atoms with Crippen LogP contribution >= 0.6 is 11.6 Å². The number of aromatic nitrogens is 1. The summed E-state index contributed by atoms with van der Waals surface area (Å²) in [6.45, 7) is 0.507. The number of hydrogen-bond donors (Lipinski definition) is 0. The minimum absolute atomic E-state index is 0.102. The number of carbonyl (C=O) groups is 2. The average molecular weight is 286 g/mol. The molecule has 0 aromatic carbocycles. The maximum absolute atomic E-state index is 13.9. The molecular weight excluding hydrogens is 277 g/mol. The topological polar surface area (TPSA) is 72.1 Å². The zero-order valence-electron chi connectivity index (χ0n) is 9.64. The van der Waals surface area contributed by atoms with E-state index in [1.165, 1.54) is 6.20 Å². The molecule has 1 aromatic rings. The molecule has 0 saturated carbocycles. The predicted octanol–water partition coefficient (Wildman–Crippen LogP) is 0.893. The number of carbonyl (C=O) groups excluding carboxylic acids is 2. The summed E-state index contributed by atoms with van der Waals surface area (Å²) in [4.78, 5) is 27.9. The Morgan fingerprint density at radius 3 is 2.26 bits per heavy atom. The summed E-state index contributed by atoms with van der Waals surface area (Å²) in [5.41, 5.74) is -0.217. The Morgan fingerprint density at radius 2 is 1.84 bits per heavy atom. The number of ketones is 2. The van der Waals surface area contributed by atoms with Crippen molar-refractivity contribution in [2.45, 2.75) is 18.1 Å². The summed E-state index contributed by atoms with van der Waals surface area (Å²) in [5, 5.41) is 0.102. The van der Waals surface area contributed by atoms with E-state index in [-0.39, 0.29) is 23.9 Å². The maximum atomic E-state index is 13.9. The minimum atomic E-state index is -1.28. The van der Waals surface area contributed by atoms with E-state index >= 15 is 0 Å². The van der Waals surface area contributed by atoms with E-state index in [1.807, 2.05) is 0 Å². The first-order valence-corrected chi connectivity index (χ1v) is 6.07. The molecule has 0 aliphatic carbocycles. The molecule has 0 N–H and O–H groups in total. The van der Waals surface area contributed by atoms with Crippen molar-refractivity contribution in [1.29, 1.82) is 0 Å². The van der Waals surface area contributed by atoms with Gasteiger partial charge in [0.25, 0.3) is 0 Å². The molecule has 3 heterocycles. The standard InChI is InChI=1S/C12H9ClFNO4/c13-5-1-6(14)10(15-2-5)9(11(16)7-3-18-7)12(17)8-4-19-8/h1-2,7-9H,3-4H2. The second-order valence-electron chi connectivity index (χ2n) is 4.40. The molecule has 2 atom stereocenters. The van der Waals surface area contributed by atoms with E-state index in [0.29, 0.717) is 0 Å². The summed E-state index contributed by atoms with van der Waals surface area (Å²) < 4.78 is 23.6. The van der Waals surface area contributed by atoms with Crippen LogP contribution in [-0.2, 0) is 19.1 Å². The van der Waals surface area contributed by atoms with Gasteiger partial charge in [0.05, 0.1) is 23.9 Å². The molecule has 2 aliphatic rings. The molecule has 2 unspecified atom stereocenters. The maximum Gasteiger partial charge on any atom is 0.180 e. The third-order valence-electron chi connectivity index (χ3n) is 2.98. The normalized spacial score (nSPS) is 25.8. The molecule has 0 amide bonds. The highest BCUT2D eigenvalue weighted by atomic mass is 35.5. The largest absolute Gasteiger partial charge is 0.365 e. The van der Waals surface area contributed by atoms with E-state index in [9.17, 15) is 14.0 Å².